The van der Waals surface area contributed by atoms with E-state index in [1.165, 1.54) is 5.56 Å². The van der Waals surface area contributed by atoms with Gasteiger partial charge in [0.05, 0.1) is 23.3 Å². The highest BCUT2D eigenvalue weighted by Gasteiger charge is 2.25. The van der Waals surface area contributed by atoms with Crippen LogP contribution in [-0.4, -0.2) is 34.0 Å². The molecule has 0 spiro atoms. The quantitative estimate of drug-likeness (QED) is 0.654. The number of fused-ring (bicyclic) bond motifs is 1. The summed E-state index contributed by atoms with van der Waals surface area (Å²) in [7, 11) is 3.58. The predicted octanol–water partition coefficient (Wildman–Crippen LogP) is 4.06. The van der Waals surface area contributed by atoms with Gasteiger partial charge in [0.15, 0.2) is 0 Å². The van der Waals surface area contributed by atoms with Gasteiger partial charge in [-0.15, -0.1) is 0 Å². The first-order valence-corrected chi connectivity index (χ1v) is 10.0. The SMILES string of the molecule is COc1ccc2nc(N[C@H]3CC[C@H](NCc4nn(C)cc4Cl)C3)cc(C)c2c1. The van der Waals surface area contributed by atoms with Crippen LogP contribution in [0.3, 0.4) is 0 Å². The zero-order chi connectivity index (χ0) is 19.7. The Labute approximate surface area is 170 Å². The number of anilines is 1. The van der Waals surface area contributed by atoms with Crippen LogP contribution < -0.4 is 15.4 Å². The van der Waals surface area contributed by atoms with Gasteiger partial charge < -0.3 is 15.4 Å². The number of methoxy groups -OCH3 is 1. The highest BCUT2D eigenvalue weighted by atomic mass is 35.5. The van der Waals surface area contributed by atoms with Crippen molar-refractivity contribution in [2.75, 3.05) is 12.4 Å². The van der Waals surface area contributed by atoms with Gasteiger partial charge in [0.2, 0.25) is 0 Å². The van der Waals surface area contributed by atoms with E-state index in [1.807, 2.05) is 31.4 Å². The van der Waals surface area contributed by atoms with Gasteiger partial charge >= 0.3 is 0 Å². The van der Waals surface area contributed by atoms with Gasteiger partial charge in [-0.1, -0.05) is 11.6 Å². The molecule has 28 heavy (non-hydrogen) atoms. The third-order valence-electron chi connectivity index (χ3n) is 5.42. The number of pyridine rings is 1. The molecule has 148 valence electrons. The first kappa shape index (κ1) is 19.0. The Bertz CT molecular complexity index is 986. The standard InChI is InChI=1S/C21H26ClN5O/c1-13-8-21(25-19-7-6-16(28-3)10-17(13)19)24-15-5-4-14(9-15)23-11-20-18(22)12-27(2)26-20/h6-8,10,12,14-15,23H,4-5,9,11H2,1-3H3,(H,24,25)/t14-,15-/m0/s1. The minimum absolute atomic E-state index is 0.416. The average molecular weight is 400 g/mol. The van der Waals surface area contributed by atoms with E-state index in [4.69, 9.17) is 21.3 Å². The smallest absolute Gasteiger partial charge is 0.127 e. The summed E-state index contributed by atoms with van der Waals surface area (Å²) in [5.74, 6) is 1.80. The lowest BCUT2D eigenvalue weighted by Crippen LogP contribution is -2.28. The van der Waals surface area contributed by atoms with E-state index < -0.39 is 0 Å². The molecule has 0 amide bonds. The number of aryl methyl sites for hydroxylation is 2. The Kier molecular flexibility index (Phi) is 5.42. The van der Waals surface area contributed by atoms with Gasteiger partial charge in [-0.3, -0.25) is 4.68 Å². The van der Waals surface area contributed by atoms with Crippen LogP contribution in [0.2, 0.25) is 5.02 Å². The molecule has 2 heterocycles. The first-order chi connectivity index (χ1) is 13.5. The summed E-state index contributed by atoms with van der Waals surface area (Å²) in [4.78, 5) is 4.79. The Morgan fingerprint density at radius 2 is 2.07 bits per heavy atom. The number of hydrogen-bond acceptors (Lipinski definition) is 5. The molecule has 0 saturated heterocycles. The molecule has 2 aromatic heterocycles. The van der Waals surface area contributed by atoms with E-state index in [-0.39, 0.29) is 0 Å². The minimum atomic E-state index is 0.416. The summed E-state index contributed by atoms with van der Waals surface area (Å²) >= 11 is 6.20. The Morgan fingerprint density at radius 3 is 2.82 bits per heavy atom. The van der Waals surface area contributed by atoms with Crippen molar-refractivity contribution in [1.82, 2.24) is 20.1 Å². The fraction of sp³-hybridized carbons (Fsp3) is 0.429. The number of ether oxygens (including phenoxy) is 1. The van der Waals surface area contributed by atoms with E-state index >= 15 is 0 Å². The number of halogens is 1. The number of rotatable bonds is 6. The van der Waals surface area contributed by atoms with Gasteiger partial charge in [-0.05, 0) is 56.0 Å². The van der Waals surface area contributed by atoms with Crippen LogP contribution in [0.4, 0.5) is 5.82 Å². The van der Waals surface area contributed by atoms with Gasteiger partial charge in [0.25, 0.3) is 0 Å². The summed E-state index contributed by atoms with van der Waals surface area (Å²) < 4.78 is 7.08. The molecular formula is C21H26ClN5O. The summed E-state index contributed by atoms with van der Waals surface area (Å²) in [6.07, 6.45) is 5.15. The molecule has 7 heteroatoms. The van der Waals surface area contributed by atoms with Crippen molar-refractivity contribution >= 4 is 28.3 Å². The lowest BCUT2D eigenvalue weighted by Gasteiger charge is -2.16. The summed E-state index contributed by atoms with van der Waals surface area (Å²) in [5, 5.41) is 13.4. The number of aromatic nitrogens is 3. The Balaban J connectivity index is 1.38. The van der Waals surface area contributed by atoms with Gasteiger partial charge in [-0.2, -0.15) is 5.10 Å². The summed E-state index contributed by atoms with van der Waals surface area (Å²) in [6, 6.07) is 9.01. The summed E-state index contributed by atoms with van der Waals surface area (Å²) in [6.45, 7) is 2.82. The lowest BCUT2D eigenvalue weighted by molar-refractivity contribution is 0.415. The number of benzene rings is 1. The molecule has 4 rings (SSSR count). The van der Waals surface area contributed by atoms with E-state index in [1.54, 1.807) is 11.8 Å². The molecule has 0 aliphatic heterocycles. The zero-order valence-corrected chi connectivity index (χ0v) is 17.3. The maximum absolute atomic E-state index is 6.20. The molecule has 1 aliphatic rings. The highest BCUT2D eigenvalue weighted by molar-refractivity contribution is 6.31. The third-order valence-corrected chi connectivity index (χ3v) is 5.74. The lowest BCUT2D eigenvalue weighted by atomic mass is 10.1. The molecule has 1 aromatic carbocycles. The van der Waals surface area contributed by atoms with Crippen molar-refractivity contribution in [1.29, 1.82) is 0 Å². The Morgan fingerprint density at radius 1 is 1.25 bits per heavy atom. The third kappa shape index (κ3) is 4.08. The van der Waals surface area contributed by atoms with Crippen LogP contribution in [0.1, 0.15) is 30.5 Å². The molecule has 0 radical (unpaired) electrons. The van der Waals surface area contributed by atoms with Crippen molar-refractivity contribution in [3.63, 3.8) is 0 Å². The molecule has 1 saturated carbocycles. The molecule has 1 aliphatic carbocycles. The van der Waals surface area contributed by atoms with Crippen molar-refractivity contribution < 1.29 is 4.74 Å². The predicted molar refractivity (Wildman–Crippen MR) is 113 cm³/mol. The second-order valence-corrected chi connectivity index (χ2v) is 7.94. The topological polar surface area (TPSA) is 64.0 Å². The molecule has 0 bridgehead atoms. The maximum Gasteiger partial charge on any atom is 0.127 e. The van der Waals surface area contributed by atoms with Crippen LogP contribution in [0.5, 0.6) is 5.75 Å². The van der Waals surface area contributed by atoms with E-state index in [9.17, 15) is 0 Å². The van der Waals surface area contributed by atoms with E-state index in [2.05, 4.69) is 28.7 Å². The van der Waals surface area contributed by atoms with E-state index in [0.29, 0.717) is 18.6 Å². The largest absolute Gasteiger partial charge is 0.497 e. The molecule has 2 N–H and O–H groups in total. The Hall–Kier alpha value is -2.31. The molecule has 3 aromatic rings. The van der Waals surface area contributed by atoms with Crippen LogP contribution >= 0.6 is 11.6 Å². The maximum atomic E-state index is 6.20. The number of nitrogens with one attached hydrogen (secondary N) is 2. The monoisotopic (exact) mass is 399 g/mol. The second kappa shape index (κ2) is 7.97. The molecule has 0 unspecified atom stereocenters. The van der Waals surface area contributed by atoms with Gasteiger partial charge in [-0.25, -0.2) is 4.98 Å². The molecule has 2 atom stereocenters. The van der Waals surface area contributed by atoms with E-state index in [0.717, 1.165) is 52.4 Å². The normalized spacial score (nSPS) is 19.3. The molecular weight excluding hydrogens is 374 g/mol. The average Bonchev–Trinajstić information content (AvgIpc) is 3.25. The fourth-order valence-electron chi connectivity index (χ4n) is 3.95. The molecule has 1 fully saturated rings. The highest BCUT2D eigenvalue weighted by Crippen LogP contribution is 2.27. The first-order valence-electron chi connectivity index (χ1n) is 9.65. The van der Waals surface area contributed by atoms with Crippen LogP contribution in [-0.2, 0) is 13.6 Å². The minimum Gasteiger partial charge on any atom is -0.497 e. The second-order valence-electron chi connectivity index (χ2n) is 7.54. The number of hydrogen-bond donors (Lipinski definition) is 2. The van der Waals surface area contributed by atoms with Gasteiger partial charge in [0.1, 0.15) is 11.6 Å². The van der Waals surface area contributed by atoms with Crippen molar-refractivity contribution in [2.45, 2.75) is 44.8 Å². The van der Waals surface area contributed by atoms with Crippen LogP contribution in [0.25, 0.3) is 10.9 Å². The van der Waals surface area contributed by atoms with Crippen LogP contribution in [0, 0.1) is 6.92 Å². The van der Waals surface area contributed by atoms with Crippen molar-refractivity contribution in [3.05, 3.63) is 46.7 Å². The van der Waals surface area contributed by atoms with Crippen LogP contribution in [0.15, 0.2) is 30.5 Å². The fourth-order valence-corrected chi connectivity index (χ4v) is 4.19. The van der Waals surface area contributed by atoms with Crippen molar-refractivity contribution in [2.24, 2.45) is 7.05 Å². The zero-order valence-electron chi connectivity index (χ0n) is 16.5. The molecule has 6 nitrogen and oxygen atoms in total. The number of nitrogens with zero attached hydrogens (tertiary/aromatic N) is 3. The van der Waals surface area contributed by atoms with Gasteiger partial charge in [0, 0.05) is 37.3 Å². The summed E-state index contributed by atoms with van der Waals surface area (Å²) in [5.41, 5.74) is 3.09. The van der Waals surface area contributed by atoms with Crippen molar-refractivity contribution in [3.8, 4) is 5.75 Å².